The van der Waals surface area contributed by atoms with Crippen molar-refractivity contribution in [2.45, 2.75) is 43.6 Å². The van der Waals surface area contributed by atoms with E-state index in [4.69, 9.17) is 4.74 Å². The Morgan fingerprint density at radius 2 is 1.74 bits per heavy atom. The van der Waals surface area contributed by atoms with E-state index >= 15 is 0 Å². The molecule has 3 amide bonds. The molecule has 2 saturated heterocycles. The standard InChI is InChI=1S/C13H17FN2O11/c1-5(18)26-12(23)7(3-17)25-9(13(12,24)27-6(2)19)16-4-11(14,22)8(20)15-10(16)21/h7,9,17,22-24H,3-4H2,1-2H3,(H,15,20,21)/t7-,9-,11?,12+,13-/m1/s1. The highest BCUT2D eigenvalue weighted by Crippen LogP contribution is 2.44. The van der Waals surface area contributed by atoms with Crippen LogP contribution in [0, 0.1) is 0 Å². The van der Waals surface area contributed by atoms with Gasteiger partial charge in [-0.1, -0.05) is 0 Å². The average Bonchev–Trinajstić information content (AvgIpc) is 2.70. The van der Waals surface area contributed by atoms with Crippen LogP contribution in [0.1, 0.15) is 13.8 Å². The Balaban J connectivity index is 2.54. The zero-order chi connectivity index (χ0) is 20.8. The maximum Gasteiger partial charge on any atom is 0.326 e. The summed E-state index contributed by atoms with van der Waals surface area (Å²) in [6.07, 6.45) is -4.26. The largest absolute Gasteiger partial charge is 0.423 e. The molecule has 27 heavy (non-hydrogen) atoms. The van der Waals surface area contributed by atoms with E-state index in [1.165, 1.54) is 5.32 Å². The van der Waals surface area contributed by atoms with Crippen molar-refractivity contribution >= 4 is 23.9 Å². The Kier molecular flexibility index (Phi) is 5.15. The summed E-state index contributed by atoms with van der Waals surface area (Å²) in [4.78, 5) is 46.2. The van der Waals surface area contributed by atoms with E-state index in [1.807, 2.05) is 0 Å². The number of hydrogen-bond acceptors (Lipinski definition) is 11. The van der Waals surface area contributed by atoms with Crippen molar-refractivity contribution in [3.05, 3.63) is 0 Å². The Labute approximate surface area is 150 Å². The number of alkyl halides is 1. The van der Waals surface area contributed by atoms with Crippen LogP contribution in [0.4, 0.5) is 9.18 Å². The lowest BCUT2D eigenvalue weighted by Crippen LogP contribution is -2.71. The predicted molar refractivity (Wildman–Crippen MR) is 75.5 cm³/mol. The number of esters is 2. The first-order valence-corrected chi connectivity index (χ1v) is 7.42. The minimum absolute atomic E-state index is 0.175. The second-order valence-electron chi connectivity index (χ2n) is 5.89. The van der Waals surface area contributed by atoms with Crippen molar-refractivity contribution in [1.82, 2.24) is 10.2 Å². The van der Waals surface area contributed by atoms with Crippen LogP contribution in [0.3, 0.4) is 0 Å². The average molecular weight is 396 g/mol. The second-order valence-corrected chi connectivity index (χ2v) is 5.89. The zero-order valence-electron chi connectivity index (χ0n) is 14.0. The molecule has 2 aliphatic heterocycles. The molecular formula is C13H17FN2O11. The zero-order valence-corrected chi connectivity index (χ0v) is 14.0. The van der Waals surface area contributed by atoms with Crippen molar-refractivity contribution in [2.75, 3.05) is 13.2 Å². The van der Waals surface area contributed by atoms with Crippen molar-refractivity contribution in [2.24, 2.45) is 0 Å². The van der Waals surface area contributed by atoms with E-state index < -0.39 is 66.8 Å². The van der Waals surface area contributed by atoms with Crippen molar-refractivity contribution in [3.63, 3.8) is 0 Å². The molecule has 13 nitrogen and oxygen atoms in total. The molecule has 2 fully saturated rings. The van der Waals surface area contributed by atoms with Crippen molar-refractivity contribution in [1.29, 1.82) is 0 Å². The lowest BCUT2D eigenvalue weighted by atomic mass is 10.0. The van der Waals surface area contributed by atoms with E-state index in [9.17, 15) is 44.0 Å². The maximum atomic E-state index is 13.9. The van der Waals surface area contributed by atoms with Gasteiger partial charge in [-0.2, -0.15) is 4.39 Å². The summed E-state index contributed by atoms with van der Waals surface area (Å²) in [5.74, 6) is -14.4. The van der Waals surface area contributed by atoms with E-state index in [-0.39, 0.29) is 4.90 Å². The number of halogens is 1. The number of nitrogens with zero attached hydrogens (tertiary/aromatic N) is 1. The van der Waals surface area contributed by atoms with Crippen LogP contribution in [0.25, 0.3) is 0 Å². The first-order chi connectivity index (χ1) is 12.3. The molecule has 2 heterocycles. The number of nitrogens with one attached hydrogen (secondary N) is 1. The Morgan fingerprint density at radius 3 is 2.22 bits per heavy atom. The highest BCUT2D eigenvalue weighted by Gasteiger charge is 2.74. The minimum atomic E-state index is -3.62. The predicted octanol–water partition coefficient (Wildman–Crippen LogP) is -3.58. The van der Waals surface area contributed by atoms with Crippen LogP contribution in [0.2, 0.25) is 0 Å². The second kappa shape index (κ2) is 6.65. The summed E-state index contributed by atoms with van der Waals surface area (Å²) in [5, 5.41) is 41.6. The van der Waals surface area contributed by atoms with Gasteiger partial charge in [-0.15, -0.1) is 0 Å². The van der Waals surface area contributed by atoms with Gasteiger partial charge in [0.05, 0.1) is 13.2 Å². The summed E-state index contributed by atoms with van der Waals surface area (Å²) in [6, 6.07) is -1.40. The van der Waals surface area contributed by atoms with Gasteiger partial charge in [0.15, 0.2) is 6.10 Å². The molecule has 2 aliphatic rings. The monoisotopic (exact) mass is 396 g/mol. The van der Waals surface area contributed by atoms with Crippen LogP contribution in [0.15, 0.2) is 0 Å². The molecule has 0 bridgehead atoms. The first kappa shape index (κ1) is 20.9. The molecule has 0 radical (unpaired) electrons. The molecule has 0 aromatic rings. The fourth-order valence-electron chi connectivity index (χ4n) is 2.72. The number of rotatable bonds is 4. The fourth-order valence-corrected chi connectivity index (χ4v) is 2.72. The third-order valence-corrected chi connectivity index (χ3v) is 3.83. The van der Waals surface area contributed by atoms with E-state index in [0.717, 1.165) is 13.8 Å². The van der Waals surface area contributed by atoms with Gasteiger partial charge in [-0.25, -0.2) is 4.79 Å². The lowest BCUT2D eigenvalue weighted by Gasteiger charge is -2.42. The molecule has 0 saturated carbocycles. The molecule has 14 heteroatoms. The number of imide groups is 1. The van der Waals surface area contributed by atoms with Crippen LogP contribution >= 0.6 is 0 Å². The number of ether oxygens (including phenoxy) is 3. The minimum Gasteiger partial charge on any atom is -0.423 e. The summed E-state index contributed by atoms with van der Waals surface area (Å²) in [5.41, 5.74) is 0. The number of aliphatic hydroxyl groups excluding tert-OH is 1. The first-order valence-electron chi connectivity index (χ1n) is 7.42. The van der Waals surface area contributed by atoms with Crippen molar-refractivity contribution in [3.8, 4) is 0 Å². The van der Waals surface area contributed by atoms with Gasteiger partial charge in [-0.3, -0.25) is 24.6 Å². The van der Waals surface area contributed by atoms with Crippen molar-refractivity contribution < 1.29 is 58.2 Å². The van der Waals surface area contributed by atoms with E-state index in [2.05, 4.69) is 9.47 Å². The van der Waals surface area contributed by atoms with Gasteiger partial charge in [-0.05, 0) is 0 Å². The van der Waals surface area contributed by atoms with Gasteiger partial charge < -0.3 is 34.6 Å². The summed E-state index contributed by atoms with van der Waals surface area (Å²) < 4.78 is 28.2. The molecule has 0 aromatic heterocycles. The third-order valence-electron chi connectivity index (χ3n) is 3.83. The van der Waals surface area contributed by atoms with Gasteiger partial charge >= 0.3 is 35.4 Å². The number of amides is 3. The summed E-state index contributed by atoms with van der Waals surface area (Å²) in [6.45, 7) is -0.931. The maximum absolute atomic E-state index is 13.9. The Bertz CT molecular complexity index is 685. The SMILES string of the molecule is CC(=O)O[C@@]1(O)[C@@H](CO)O[C@@H](N2CC(O)(F)C(=O)NC2=O)[C@@]1(O)OC(C)=O. The molecule has 5 atom stereocenters. The highest BCUT2D eigenvalue weighted by atomic mass is 19.2. The van der Waals surface area contributed by atoms with Gasteiger partial charge in [0.25, 0.3) is 5.91 Å². The van der Waals surface area contributed by atoms with Crippen LogP contribution in [-0.2, 0) is 28.6 Å². The number of β-amino-alcohol motifs (C(OH)–C–C–N with tert-alkyl or cyclic N) is 1. The number of hydrogen-bond donors (Lipinski definition) is 5. The van der Waals surface area contributed by atoms with Crippen LogP contribution in [-0.4, -0.2) is 92.1 Å². The number of carbonyl (C=O) groups is 4. The lowest BCUT2D eigenvalue weighted by molar-refractivity contribution is -0.361. The molecule has 152 valence electrons. The number of urea groups is 1. The number of carbonyl (C=O) groups excluding carboxylic acids is 4. The van der Waals surface area contributed by atoms with Gasteiger partial charge in [0.2, 0.25) is 6.23 Å². The fraction of sp³-hybridized carbons (Fsp3) is 0.692. The summed E-state index contributed by atoms with van der Waals surface area (Å²) >= 11 is 0. The molecule has 0 aromatic carbocycles. The Morgan fingerprint density at radius 1 is 1.22 bits per heavy atom. The number of aliphatic hydroxyl groups is 4. The van der Waals surface area contributed by atoms with Gasteiger partial charge in [0, 0.05) is 13.8 Å². The third kappa shape index (κ3) is 3.32. The molecular weight excluding hydrogens is 379 g/mol. The smallest absolute Gasteiger partial charge is 0.326 e. The molecule has 1 unspecified atom stereocenters. The Hall–Kier alpha value is -2.39. The quantitative estimate of drug-likeness (QED) is 0.233. The summed E-state index contributed by atoms with van der Waals surface area (Å²) in [7, 11) is 0. The highest BCUT2D eigenvalue weighted by molar-refractivity contribution is 6.00. The molecule has 0 aliphatic carbocycles. The molecule has 5 N–H and O–H groups in total. The molecule has 2 rings (SSSR count). The topological polar surface area (TPSA) is 192 Å². The molecule has 0 spiro atoms. The van der Waals surface area contributed by atoms with E-state index in [0.29, 0.717) is 0 Å². The van der Waals surface area contributed by atoms with Crippen LogP contribution in [0.5, 0.6) is 0 Å². The van der Waals surface area contributed by atoms with Crippen LogP contribution < -0.4 is 5.32 Å². The van der Waals surface area contributed by atoms with Gasteiger partial charge in [0.1, 0.15) is 0 Å². The normalized spacial score (nSPS) is 39.1. The van der Waals surface area contributed by atoms with E-state index in [1.54, 1.807) is 0 Å².